The molecule has 0 saturated heterocycles. The summed E-state index contributed by atoms with van der Waals surface area (Å²) in [5.41, 5.74) is 6.19. The van der Waals surface area contributed by atoms with E-state index in [9.17, 15) is 9.18 Å². The lowest BCUT2D eigenvalue weighted by Crippen LogP contribution is -2.09. The van der Waals surface area contributed by atoms with Gasteiger partial charge in [-0.1, -0.05) is 29.3 Å². The standard InChI is InChI=1S/C14H10Cl2FNO2/c15-11-2-1-3-12(16)10(11)7-20-14(19)9-6-8(17)4-5-13(9)18/h1-6H,7,18H2. The fourth-order valence-corrected chi connectivity index (χ4v) is 2.10. The van der Waals surface area contributed by atoms with E-state index in [-0.39, 0.29) is 17.9 Å². The first-order valence-electron chi connectivity index (χ1n) is 5.64. The van der Waals surface area contributed by atoms with Crippen LogP contribution in [0.5, 0.6) is 0 Å². The first-order chi connectivity index (χ1) is 9.49. The molecular formula is C14H10Cl2FNO2. The average Bonchev–Trinajstić information content (AvgIpc) is 2.40. The highest BCUT2D eigenvalue weighted by Crippen LogP contribution is 2.25. The van der Waals surface area contributed by atoms with Gasteiger partial charge in [-0.2, -0.15) is 0 Å². The molecule has 0 aliphatic carbocycles. The Labute approximate surface area is 125 Å². The second-order valence-electron chi connectivity index (χ2n) is 4.01. The average molecular weight is 314 g/mol. The topological polar surface area (TPSA) is 52.3 Å². The largest absolute Gasteiger partial charge is 0.457 e. The molecule has 2 N–H and O–H groups in total. The molecule has 0 unspecified atom stereocenters. The lowest BCUT2D eigenvalue weighted by Gasteiger charge is -2.09. The molecule has 0 amide bonds. The number of ether oxygens (including phenoxy) is 1. The molecular weight excluding hydrogens is 304 g/mol. The van der Waals surface area contributed by atoms with Crippen molar-refractivity contribution in [3.63, 3.8) is 0 Å². The Balaban J connectivity index is 2.15. The van der Waals surface area contributed by atoms with Crippen LogP contribution >= 0.6 is 23.2 Å². The molecule has 0 aliphatic rings. The maximum absolute atomic E-state index is 13.1. The van der Waals surface area contributed by atoms with E-state index in [4.69, 9.17) is 33.7 Å². The lowest BCUT2D eigenvalue weighted by molar-refractivity contribution is 0.0474. The number of nitrogen functional groups attached to an aromatic ring is 1. The number of anilines is 1. The Morgan fingerprint density at radius 2 is 1.85 bits per heavy atom. The van der Waals surface area contributed by atoms with E-state index < -0.39 is 11.8 Å². The van der Waals surface area contributed by atoms with E-state index in [1.54, 1.807) is 18.2 Å². The van der Waals surface area contributed by atoms with Crippen molar-refractivity contribution in [3.05, 3.63) is 63.4 Å². The third kappa shape index (κ3) is 3.21. The molecule has 20 heavy (non-hydrogen) atoms. The summed E-state index contributed by atoms with van der Waals surface area (Å²) in [5, 5.41) is 0.773. The van der Waals surface area contributed by atoms with Crippen LogP contribution in [0.15, 0.2) is 36.4 Å². The summed E-state index contributed by atoms with van der Waals surface area (Å²) >= 11 is 11.9. The van der Waals surface area contributed by atoms with E-state index in [1.807, 2.05) is 0 Å². The van der Waals surface area contributed by atoms with Crippen molar-refractivity contribution < 1.29 is 13.9 Å². The minimum Gasteiger partial charge on any atom is -0.457 e. The number of carbonyl (C=O) groups excluding carboxylic acids is 1. The van der Waals surface area contributed by atoms with Gasteiger partial charge < -0.3 is 10.5 Å². The van der Waals surface area contributed by atoms with Gasteiger partial charge >= 0.3 is 5.97 Å². The van der Waals surface area contributed by atoms with Gasteiger partial charge in [0.25, 0.3) is 0 Å². The van der Waals surface area contributed by atoms with Crippen molar-refractivity contribution >= 4 is 34.9 Å². The quantitative estimate of drug-likeness (QED) is 0.686. The second-order valence-corrected chi connectivity index (χ2v) is 4.82. The molecule has 6 heteroatoms. The minimum atomic E-state index is -0.738. The van der Waals surface area contributed by atoms with Gasteiger partial charge in [0, 0.05) is 21.3 Å². The van der Waals surface area contributed by atoms with E-state index >= 15 is 0 Å². The fourth-order valence-electron chi connectivity index (χ4n) is 1.59. The summed E-state index contributed by atoms with van der Waals surface area (Å²) in [6.07, 6.45) is 0. The Kier molecular flexibility index (Phi) is 4.47. The highest BCUT2D eigenvalue weighted by atomic mass is 35.5. The normalized spacial score (nSPS) is 10.3. The van der Waals surface area contributed by atoms with Crippen LogP contribution < -0.4 is 5.73 Å². The van der Waals surface area contributed by atoms with Crippen LogP contribution in [0, 0.1) is 5.82 Å². The molecule has 0 aliphatic heterocycles. The Morgan fingerprint density at radius 1 is 1.20 bits per heavy atom. The van der Waals surface area contributed by atoms with Crippen LogP contribution in [0.25, 0.3) is 0 Å². The summed E-state index contributed by atoms with van der Waals surface area (Å²) in [6.45, 7) is -0.118. The molecule has 0 bridgehead atoms. The molecule has 2 rings (SSSR count). The molecule has 0 radical (unpaired) electrons. The number of rotatable bonds is 3. The molecule has 2 aromatic rings. The zero-order valence-electron chi connectivity index (χ0n) is 10.2. The predicted octanol–water partition coefficient (Wildman–Crippen LogP) is 4.07. The van der Waals surface area contributed by atoms with Gasteiger partial charge in [0.2, 0.25) is 0 Å². The van der Waals surface area contributed by atoms with E-state index in [2.05, 4.69) is 0 Å². The molecule has 0 heterocycles. The van der Waals surface area contributed by atoms with Crippen molar-refractivity contribution in [2.24, 2.45) is 0 Å². The van der Waals surface area contributed by atoms with Crippen molar-refractivity contribution in [2.45, 2.75) is 6.61 Å². The van der Waals surface area contributed by atoms with Gasteiger partial charge in [-0.05, 0) is 30.3 Å². The molecule has 2 aromatic carbocycles. The lowest BCUT2D eigenvalue weighted by atomic mass is 10.2. The molecule has 104 valence electrons. The van der Waals surface area contributed by atoms with Gasteiger partial charge in [-0.3, -0.25) is 0 Å². The minimum absolute atomic E-state index is 0.0341. The Hall–Kier alpha value is -1.78. The highest BCUT2D eigenvalue weighted by Gasteiger charge is 2.14. The van der Waals surface area contributed by atoms with Crippen molar-refractivity contribution in [1.29, 1.82) is 0 Å². The first-order valence-corrected chi connectivity index (χ1v) is 6.39. The zero-order valence-corrected chi connectivity index (χ0v) is 11.7. The molecule has 0 spiro atoms. The maximum atomic E-state index is 13.1. The van der Waals surface area contributed by atoms with Crippen molar-refractivity contribution in [3.8, 4) is 0 Å². The number of carbonyl (C=O) groups is 1. The van der Waals surface area contributed by atoms with Gasteiger partial charge in [0.15, 0.2) is 0 Å². The zero-order chi connectivity index (χ0) is 14.7. The third-order valence-corrected chi connectivity index (χ3v) is 3.35. The summed E-state index contributed by atoms with van der Waals surface area (Å²) in [4.78, 5) is 11.9. The van der Waals surface area contributed by atoms with E-state index in [1.165, 1.54) is 6.07 Å². The van der Waals surface area contributed by atoms with Crippen LogP contribution in [0.4, 0.5) is 10.1 Å². The van der Waals surface area contributed by atoms with Crippen LogP contribution in [-0.4, -0.2) is 5.97 Å². The van der Waals surface area contributed by atoms with Crippen LogP contribution in [0.1, 0.15) is 15.9 Å². The second kappa shape index (κ2) is 6.11. The summed E-state index contributed by atoms with van der Waals surface area (Å²) in [6, 6.07) is 8.43. The Bertz CT molecular complexity index is 641. The Morgan fingerprint density at radius 3 is 2.50 bits per heavy atom. The van der Waals surface area contributed by atoms with Gasteiger partial charge in [0.1, 0.15) is 12.4 Å². The van der Waals surface area contributed by atoms with E-state index in [0.717, 1.165) is 12.1 Å². The smallest absolute Gasteiger partial charge is 0.340 e. The number of benzene rings is 2. The van der Waals surface area contributed by atoms with Crippen LogP contribution in [0.3, 0.4) is 0 Å². The summed E-state index contributed by atoms with van der Waals surface area (Å²) in [5.74, 6) is -1.31. The monoisotopic (exact) mass is 313 g/mol. The molecule has 0 fully saturated rings. The predicted molar refractivity (Wildman–Crippen MR) is 76.4 cm³/mol. The molecule has 0 atom stereocenters. The van der Waals surface area contributed by atoms with E-state index in [0.29, 0.717) is 15.6 Å². The van der Waals surface area contributed by atoms with Crippen LogP contribution in [0.2, 0.25) is 10.0 Å². The number of esters is 1. The number of hydrogen-bond donors (Lipinski definition) is 1. The van der Waals surface area contributed by atoms with Crippen molar-refractivity contribution in [1.82, 2.24) is 0 Å². The SMILES string of the molecule is Nc1ccc(F)cc1C(=O)OCc1c(Cl)cccc1Cl. The first kappa shape index (κ1) is 14.6. The van der Waals surface area contributed by atoms with Gasteiger partial charge in [-0.15, -0.1) is 0 Å². The third-order valence-electron chi connectivity index (χ3n) is 2.64. The van der Waals surface area contributed by atoms with Gasteiger partial charge in [0.05, 0.1) is 5.56 Å². The number of halogens is 3. The summed E-state index contributed by atoms with van der Waals surface area (Å²) in [7, 11) is 0. The highest BCUT2D eigenvalue weighted by molar-refractivity contribution is 6.35. The fraction of sp³-hybridized carbons (Fsp3) is 0.0714. The molecule has 0 aromatic heterocycles. The number of nitrogens with two attached hydrogens (primary N) is 1. The maximum Gasteiger partial charge on any atom is 0.340 e. The molecule has 0 saturated carbocycles. The number of hydrogen-bond acceptors (Lipinski definition) is 3. The van der Waals surface area contributed by atoms with Gasteiger partial charge in [-0.25, -0.2) is 9.18 Å². The summed E-state index contributed by atoms with van der Waals surface area (Å²) < 4.78 is 18.2. The van der Waals surface area contributed by atoms with Crippen molar-refractivity contribution in [2.75, 3.05) is 5.73 Å². The van der Waals surface area contributed by atoms with Crippen LogP contribution in [-0.2, 0) is 11.3 Å². The molecule has 3 nitrogen and oxygen atoms in total.